The van der Waals surface area contributed by atoms with Crippen LogP contribution in [-0.4, -0.2) is 41.7 Å². The van der Waals surface area contributed by atoms with Gasteiger partial charge in [-0.15, -0.1) is 0 Å². The molecule has 1 saturated heterocycles. The van der Waals surface area contributed by atoms with Crippen LogP contribution in [0.15, 0.2) is 18.2 Å². The largest absolute Gasteiger partial charge is 0.377 e. The van der Waals surface area contributed by atoms with Crippen molar-refractivity contribution in [2.24, 2.45) is 0 Å². The number of urea groups is 1. The number of nitrogens with one attached hydrogen (secondary N) is 1. The molecule has 3 rings (SSSR count). The van der Waals surface area contributed by atoms with Crippen LogP contribution in [-0.2, 0) is 4.74 Å². The first-order valence-corrected chi connectivity index (χ1v) is 7.40. The van der Waals surface area contributed by atoms with Crippen LogP contribution in [0.4, 0.5) is 10.6 Å². The lowest BCUT2D eigenvalue weighted by molar-refractivity contribution is 0.0143. The smallest absolute Gasteiger partial charge is 0.323 e. The first-order valence-electron chi connectivity index (χ1n) is 7.40. The Hall–Kier alpha value is -1.62. The van der Waals surface area contributed by atoms with Crippen molar-refractivity contribution in [3.8, 4) is 0 Å². The molecule has 1 unspecified atom stereocenters. The zero-order valence-corrected chi connectivity index (χ0v) is 11.8. The van der Waals surface area contributed by atoms with Crippen LogP contribution in [0.1, 0.15) is 37.8 Å². The molecule has 1 atom stereocenters. The van der Waals surface area contributed by atoms with Crippen LogP contribution in [0, 0.1) is 0 Å². The number of carbonyl (C=O) groups is 1. The second kappa shape index (κ2) is 5.79. The first-order chi connectivity index (χ1) is 9.78. The molecular formula is C15H21N3O2. The van der Waals surface area contributed by atoms with Crippen LogP contribution in [0.5, 0.6) is 0 Å². The first kappa shape index (κ1) is 13.4. The number of rotatable bonds is 3. The van der Waals surface area contributed by atoms with Gasteiger partial charge >= 0.3 is 6.03 Å². The second-order valence-electron chi connectivity index (χ2n) is 5.48. The number of morpholine rings is 1. The molecule has 2 amide bonds. The van der Waals surface area contributed by atoms with E-state index >= 15 is 0 Å². The summed E-state index contributed by atoms with van der Waals surface area (Å²) in [5, 5.41) is 2.92. The van der Waals surface area contributed by atoms with E-state index in [1.54, 1.807) is 0 Å². The van der Waals surface area contributed by atoms with Gasteiger partial charge in [0.05, 0.1) is 19.3 Å². The zero-order chi connectivity index (χ0) is 13.9. The number of hydrogen-bond donors (Lipinski definition) is 1. The maximum absolute atomic E-state index is 12.4. The van der Waals surface area contributed by atoms with Crippen LogP contribution in [0.25, 0.3) is 0 Å². The Kier molecular flexibility index (Phi) is 3.87. The van der Waals surface area contributed by atoms with Gasteiger partial charge in [0.25, 0.3) is 0 Å². The van der Waals surface area contributed by atoms with Gasteiger partial charge in [0.2, 0.25) is 0 Å². The predicted octanol–water partition coefficient (Wildman–Crippen LogP) is 2.60. The summed E-state index contributed by atoms with van der Waals surface area (Å²) in [6.45, 7) is 3.96. The summed E-state index contributed by atoms with van der Waals surface area (Å²) in [5.74, 6) is 1.25. The molecule has 1 aliphatic carbocycles. The highest BCUT2D eigenvalue weighted by atomic mass is 16.5. The molecule has 1 aromatic rings. The molecular weight excluding hydrogens is 254 g/mol. The second-order valence-corrected chi connectivity index (χ2v) is 5.48. The van der Waals surface area contributed by atoms with Crippen molar-refractivity contribution >= 4 is 11.8 Å². The van der Waals surface area contributed by atoms with Gasteiger partial charge in [-0.3, -0.25) is 5.32 Å². The average Bonchev–Trinajstić information content (AvgIpc) is 3.32. The highest BCUT2D eigenvalue weighted by molar-refractivity contribution is 5.88. The van der Waals surface area contributed by atoms with Gasteiger partial charge in [-0.2, -0.15) is 0 Å². The molecule has 2 aliphatic rings. The molecule has 1 saturated carbocycles. The Labute approximate surface area is 119 Å². The van der Waals surface area contributed by atoms with Crippen molar-refractivity contribution in [2.45, 2.75) is 38.1 Å². The lowest BCUT2D eigenvalue weighted by Crippen LogP contribution is -2.50. The van der Waals surface area contributed by atoms with E-state index in [-0.39, 0.29) is 12.1 Å². The van der Waals surface area contributed by atoms with E-state index in [1.807, 2.05) is 23.1 Å². The molecule has 0 spiro atoms. The van der Waals surface area contributed by atoms with E-state index in [4.69, 9.17) is 4.74 Å². The van der Waals surface area contributed by atoms with Gasteiger partial charge in [-0.1, -0.05) is 13.0 Å². The molecule has 1 aromatic heterocycles. The van der Waals surface area contributed by atoms with Gasteiger partial charge in [-0.25, -0.2) is 9.78 Å². The Morgan fingerprint density at radius 2 is 2.35 bits per heavy atom. The van der Waals surface area contributed by atoms with Crippen molar-refractivity contribution in [3.05, 3.63) is 23.9 Å². The molecule has 0 radical (unpaired) electrons. The van der Waals surface area contributed by atoms with Crippen LogP contribution in [0.2, 0.25) is 0 Å². The fourth-order valence-corrected chi connectivity index (χ4v) is 2.57. The maximum Gasteiger partial charge on any atom is 0.323 e. The Morgan fingerprint density at radius 1 is 1.50 bits per heavy atom. The number of pyridine rings is 1. The highest BCUT2D eigenvalue weighted by Gasteiger charge is 2.27. The maximum atomic E-state index is 12.4. The van der Waals surface area contributed by atoms with Crippen molar-refractivity contribution in [3.63, 3.8) is 0 Å². The van der Waals surface area contributed by atoms with Crippen molar-refractivity contribution in [2.75, 3.05) is 25.1 Å². The Balaban J connectivity index is 1.66. The lowest BCUT2D eigenvalue weighted by atomic mass is 10.2. The molecule has 5 heteroatoms. The topological polar surface area (TPSA) is 54.5 Å². The standard InChI is InChI=1S/C15H21N3O2/c1-2-12-10-20-9-8-18(12)15(19)17-14-5-3-4-13(16-14)11-6-7-11/h3-5,11-12H,2,6-10H2,1H3,(H,16,17,19). The summed E-state index contributed by atoms with van der Waals surface area (Å²) < 4.78 is 5.43. The number of ether oxygens (including phenoxy) is 1. The molecule has 5 nitrogen and oxygen atoms in total. The number of hydrogen-bond acceptors (Lipinski definition) is 3. The molecule has 2 heterocycles. The van der Waals surface area contributed by atoms with Crippen LogP contribution < -0.4 is 5.32 Å². The molecule has 1 aliphatic heterocycles. The minimum absolute atomic E-state index is 0.0689. The number of amides is 2. The number of nitrogens with zero attached hydrogens (tertiary/aromatic N) is 2. The lowest BCUT2D eigenvalue weighted by Gasteiger charge is -2.34. The summed E-state index contributed by atoms with van der Waals surface area (Å²) in [6.07, 6.45) is 3.33. The molecule has 20 heavy (non-hydrogen) atoms. The van der Waals surface area contributed by atoms with E-state index < -0.39 is 0 Å². The van der Waals surface area contributed by atoms with Gasteiger partial charge in [0.15, 0.2) is 0 Å². The third-order valence-corrected chi connectivity index (χ3v) is 3.96. The monoisotopic (exact) mass is 275 g/mol. The third kappa shape index (κ3) is 2.93. The number of anilines is 1. The van der Waals surface area contributed by atoms with Gasteiger partial charge in [-0.05, 0) is 31.4 Å². The summed E-state index contributed by atoms with van der Waals surface area (Å²) in [7, 11) is 0. The normalized spacial score (nSPS) is 22.6. The quantitative estimate of drug-likeness (QED) is 0.922. The van der Waals surface area contributed by atoms with E-state index in [9.17, 15) is 4.79 Å². The summed E-state index contributed by atoms with van der Waals surface area (Å²) in [6, 6.07) is 5.95. The Morgan fingerprint density at radius 3 is 3.10 bits per heavy atom. The van der Waals surface area contributed by atoms with E-state index in [1.165, 1.54) is 12.8 Å². The number of carbonyl (C=O) groups excluding carboxylic acids is 1. The van der Waals surface area contributed by atoms with Crippen molar-refractivity contribution in [1.82, 2.24) is 9.88 Å². The number of aromatic nitrogens is 1. The van der Waals surface area contributed by atoms with Crippen LogP contribution >= 0.6 is 0 Å². The predicted molar refractivity (Wildman–Crippen MR) is 76.8 cm³/mol. The molecule has 0 aromatic carbocycles. The van der Waals surface area contributed by atoms with Crippen molar-refractivity contribution in [1.29, 1.82) is 0 Å². The fourth-order valence-electron chi connectivity index (χ4n) is 2.57. The average molecular weight is 275 g/mol. The summed E-state index contributed by atoms with van der Waals surface area (Å²) in [5.41, 5.74) is 1.09. The summed E-state index contributed by atoms with van der Waals surface area (Å²) in [4.78, 5) is 18.7. The molecule has 2 fully saturated rings. The third-order valence-electron chi connectivity index (χ3n) is 3.96. The minimum atomic E-state index is -0.0689. The fraction of sp³-hybridized carbons (Fsp3) is 0.600. The SMILES string of the molecule is CCC1COCCN1C(=O)Nc1cccc(C2CC2)n1. The van der Waals surface area contributed by atoms with E-state index in [0.717, 1.165) is 12.1 Å². The van der Waals surface area contributed by atoms with Gasteiger partial charge in [0.1, 0.15) is 5.82 Å². The molecule has 1 N–H and O–H groups in total. The highest BCUT2D eigenvalue weighted by Crippen LogP contribution is 2.39. The van der Waals surface area contributed by atoms with E-state index in [0.29, 0.717) is 31.5 Å². The van der Waals surface area contributed by atoms with E-state index in [2.05, 4.69) is 17.2 Å². The van der Waals surface area contributed by atoms with Crippen LogP contribution in [0.3, 0.4) is 0 Å². The minimum Gasteiger partial charge on any atom is -0.377 e. The van der Waals surface area contributed by atoms with Gasteiger partial charge < -0.3 is 9.64 Å². The van der Waals surface area contributed by atoms with Crippen molar-refractivity contribution < 1.29 is 9.53 Å². The Bertz CT molecular complexity index is 488. The molecule has 108 valence electrons. The van der Waals surface area contributed by atoms with Gasteiger partial charge in [0, 0.05) is 18.2 Å². The zero-order valence-electron chi connectivity index (χ0n) is 11.8. The summed E-state index contributed by atoms with van der Waals surface area (Å²) >= 11 is 0. The molecule has 0 bridgehead atoms.